The lowest BCUT2D eigenvalue weighted by atomic mass is 10.1. The third-order valence-electron chi connectivity index (χ3n) is 5.13. The van der Waals surface area contributed by atoms with Crippen molar-refractivity contribution in [3.8, 4) is 0 Å². The molecule has 1 aliphatic heterocycles. The minimum absolute atomic E-state index is 0.0268. The second-order valence-electron chi connectivity index (χ2n) is 7.30. The van der Waals surface area contributed by atoms with Crippen LogP contribution in [-0.2, 0) is 16.4 Å². The van der Waals surface area contributed by atoms with Crippen LogP contribution >= 0.6 is 0 Å². The molecule has 9 heteroatoms. The Morgan fingerprint density at radius 2 is 1.81 bits per heavy atom. The van der Waals surface area contributed by atoms with Crippen molar-refractivity contribution in [1.29, 1.82) is 0 Å². The lowest BCUT2D eigenvalue weighted by Crippen LogP contribution is -2.35. The van der Waals surface area contributed by atoms with Gasteiger partial charge in [-0.2, -0.15) is 0 Å². The van der Waals surface area contributed by atoms with E-state index in [0.29, 0.717) is 17.7 Å². The minimum atomic E-state index is -3.96. The highest BCUT2D eigenvalue weighted by atomic mass is 32.2. The molecule has 0 saturated heterocycles. The molecule has 158 valence electrons. The number of nitrogens with one attached hydrogen (secondary N) is 1. The van der Waals surface area contributed by atoms with Gasteiger partial charge in [-0.05, 0) is 55.3 Å². The third kappa shape index (κ3) is 3.99. The van der Waals surface area contributed by atoms with E-state index in [9.17, 15) is 23.3 Å². The molecule has 0 aliphatic carbocycles. The van der Waals surface area contributed by atoms with Crippen LogP contribution in [0.15, 0.2) is 77.7 Å². The van der Waals surface area contributed by atoms with Gasteiger partial charge in [-0.1, -0.05) is 24.3 Å². The summed E-state index contributed by atoms with van der Waals surface area (Å²) in [6, 6.07) is 18.7. The van der Waals surface area contributed by atoms with Gasteiger partial charge in [0.1, 0.15) is 0 Å². The maximum absolute atomic E-state index is 13.0. The summed E-state index contributed by atoms with van der Waals surface area (Å²) in [6.07, 6.45) is 0.522. The molecule has 3 aromatic carbocycles. The first kappa shape index (κ1) is 20.5. The summed E-state index contributed by atoms with van der Waals surface area (Å²) >= 11 is 0. The van der Waals surface area contributed by atoms with Crippen LogP contribution in [0.1, 0.15) is 22.8 Å². The fourth-order valence-electron chi connectivity index (χ4n) is 3.70. The van der Waals surface area contributed by atoms with Gasteiger partial charge in [-0.3, -0.25) is 19.6 Å². The fourth-order valence-corrected chi connectivity index (χ4v) is 4.80. The number of hydrogen-bond donors (Lipinski definition) is 1. The molecule has 0 saturated carbocycles. The van der Waals surface area contributed by atoms with Gasteiger partial charge in [-0.15, -0.1) is 0 Å². The highest BCUT2D eigenvalue weighted by molar-refractivity contribution is 7.92. The Morgan fingerprint density at radius 1 is 1.06 bits per heavy atom. The summed E-state index contributed by atoms with van der Waals surface area (Å²) in [5, 5.41) is 10.9. The maximum Gasteiger partial charge on any atom is 0.271 e. The van der Waals surface area contributed by atoms with E-state index >= 15 is 0 Å². The summed E-state index contributed by atoms with van der Waals surface area (Å²) in [7, 11) is -3.96. The number of carbonyl (C=O) groups excluding carboxylic acids is 1. The molecule has 0 spiro atoms. The van der Waals surface area contributed by atoms with Crippen LogP contribution in [0.2, 0.25) is 0 Å². The molecule has 1 amide bonds. The van der Waals surface area contributed by atoms with Crippen molar-refractivity contribution >= 4 is 33.0 Å². The largest absolute Gasteiger partial charge is 0.305 e. The second kappa shape index (κ2) is 7.84. The van der Waals surface area contributed by atoms with Crippen molar-refractivity contribution in [2.45, 2.75) is 24.3 Å². The summed E-state index contributed by atoms with van der Waals surface area (Å²) in [6.45, 7) is 1.91. The van der Waals surface area contributed by atoms with Crippen LogP contribution in [-0.4, -0.2) is 25.3 Å². The van der Waals surface area contributed by atoms with Gasteiger partial charge in [-0.25, -0.2) is 8.42 Å². The minimum Gasteiger partial charge on any atom is -0.305 e. The molecule has 31 heavy (non-hydrogen) atoms. The highest BCUT2D eigenvalue weighted by Crippen LogP contribution is 2.35. The first-order chi connectivity index (χ1) is 14.8. The number of nitro groups is 1. The van der Waals surface area contributed by atoms with Gasteiger partial charge in [0.25, 0.3) is 21.6 Å². The smallest absolute Gasteiger partial charge is 0.271 e. The number of nitrogens with zero attached hydrogens (tertiary/aromatic N) is 2. The number of benzene rings is 3. The Kier molecular flexibility index (Phi) is 5.20. The average Bonchev–Trinajstić information content (AvgIpc) is 3.08. The molecule has 1 atom stereocenters. The van der Waals surface area contributed by atoms with E-state index < -0.39 is 14.9 Å². The predicted octanol–water partition coefficient (Wildman–Crippen LogP) is 3.99. The van der Waals surface area contributed by atoms with Crippen molar-refractivity contribution < 1.29 is 18.1 Å². The average molecular weight is 437 g/mol. The zero-order chi connectivity index (χ0) is 22.2. The Labute approximate surface area is 179 Å². The number of fused-ring (bicyclic) bond motifs is 1. The lowest BCUT2D eigenvalue weighted by molar-refractivity contribution is -0.384. The lowest BCUT2D eigenvalue weighted by Gasteiger charge is -2.23. The molecule has 0 bridgehead atoms. The van der Waals surface area contributed by atoms with E-state index in [-0.39, 0.29) is 28.2 Å². The van der Waals surface area contributed by atoms with E-state index in [1.807, 2.05) is 13.0 Å². The number of hydrogen-bond acceptors (Lipinski definition) is 5. The topological polar surface area (TPSA) is 110 Å². The summed E-state index contributed by atoms with van der Waals surface area (Å²) in [5.74, 6) is -0.142. The van der Waals surface area contributed by atoms with Gasteiger partial charge in [0.2, 0.25) is 0 Å². The molecule has 0 unspecified atom stereocenters. The molecular formula is C22H19N3O5S. The number of sulfonamides is 1. The molecule has 8 nitrogen and oxygen atoms in total. The van der Waals surface area contributed by atoms with Crippen LogP contribution in [0.3, 0.4) is 0 Å². The highest BCUT2D eigenvalue weighted by Gasteiger charge is 2.32. The van der Waals surface area contributed by atoms with E-state index in [2.05, 4.69) is 4.72 Å². The predicted molar refractivity (Wildman–Crippen MR) is 117 cm³/mol. The maximum atomic E-state index is 13.0. The van der Waals surface area contributed by atoms with E-state index in [1.165, 1.54) is 24.3 Å². The third-order valence-corrected chi connectivity index (χ3v) is 6.50. The van der Waals surface area contributed by atoms with Gasteiger partial charge in [0.15, 0.2) is 0 Å². The van der Waals surface area contributed by atoms with E-state index in [0.717, 1.165) is 11.6 Å². The number of carbonyl (C=O) groups is 1. The van der Waals surface area contributed by atoms with Crippen molar-refractivity contribution in [1.82, 2.24) is 0 Å². The fraction of sp³-hybridized carbons (Fsp3) is 0.136. The Morgan fingerprint density at radius 3 is 2.52 bits per heavy atom. The monoisotopic (exact) mass is 437 g/mol. The SMILES string of the molecule is C[C@@H]1Cc2cc(S(=O)(=O)Nc3cccc([N+](=O)[O-])c3)ccc2N1C(=O)c1ccccc1. The Balaban J connectivity index is 1.63. The van der Waals surface area contributed by atoms with Crippen molar-refractivity contribution in [2.24, 2.45) is 0 Å². The molecule has 1 aliphatic rings. The van der Waals surface area contributed by atoms with Crippen LogP contribution in [0.4, 0.5) is 17.1 Å². The summed E-state index contributed by atoms with van der Waals surface area (Å²) in [5.41, 5.74) is 1.88. The standard InChI is InChI=1S/C22H19N3O5S/c1-15-12-17-13-20(31(29,30)23-18-8-5-9-19(14-18)25(27)28)10-11-21(17)24(15)22(26)16-6-3-2-4-7-16/h2-11,13-15,23H,12H2,1H3/t15-/m1/s1. The Bertz CT molecular complexity index is 1280. The van der Waals surface area contributed by atoms with Gasteiger partial charge in [0.05, 0.1) is 15.5 Å². The molecule has 1 heterocycles. The van der Waals surface area contributed by atoms with Gasteiger partial charge < -0.3 is 4.90 Å². The van der Waals surface area contributed by atoms with Crippen molar-refractivity contribution in [2.75, 3.05) is 9.62 Å². The number of amides is 1. The van der Waals surface area contributed by atoms with Gasteiger partial charge in [0, 0.05) is 29.4 Å². The second-order valence-corrected chi connectivity index (χ2v) is 8.98. The van der Waals surface area contributed by atoms with Crippen molar-refractivity contribution in [3.05, 3.63) is 94.0 Å². The Hall–Kier alpha value is -3.72. The first-order valence-electron chi connectivity index (χ1n) is 9.55. The van der Waals surface area contributed by atoms with Gasteiger partial charge >= 0.3 is 0 Å². The van der Waals surface area contributed by atoms with Crippen LogP contribution in [0.25, 0.3) is 0 Å². The summed E-state index contributed by atoms with van der Waals surface area (Å²) < 4.78 is 28.1. The van der Waals surface area contributed by atoms with Crippen LogP contribution < -0.4 is 9.62 Å². The molecule has 0 aromatic heterocycles. The number of rotatable bonds is 5. The summed E-state index contributed by atoms with van der Waals surface area (Å²) in [4.78, 5) is 25.0. The van der Waals surface area contributed by atoms with Crippen molar-refractivity contribution in [3.63, 3.8) is 0 Å². The van der Waals surface area contributed by atoms with Crippen LogP contribution in [0, 0.1) is 10.1 Å². The molecule has 3 aromatic rings. The first-order valence-corrected chi connectivity index (χ1v) is 11.0. The van der Waals surface area contributed by atoms with Crippen LogP contribution in [0.5, 0.6) is 0 Å². The quantitative estimate of drug-likeness (QED) is 0.479. The number of nitro benzene ring substituents is 1. The van der Waals surface area contributed by atoms with E-state index in [4.69, 9.17) is 0 Å². The number of anilines is 2. The normalized spacial score (nSPS) is 15.4. The molecular weight excluding hydrogens is 418 g/mol. The molecule has 0 radical (unpaired) electrons. The molecule has 1 N–H and O–H groups in total. The zero-order valence-corrected chi connectivity index (χ0v) is 17.4. The zero-order valence-electron chi connectivity index (χ0n) is 16.6. The molecule has 4 rings (SSSR count). The van der Waals surface area contributed by atoms with E-state index in [1.54, 1.807) is 41.3 Å². The number of non-ortho nitro benzene ring substituents is 1. The molecule has 0 fully saturated rings.